The molecule has 0 bridgehead atoms. The summed E-state index contributed by atoms with van der Waals surface area (Å²) in [6.45, 7) is 7.08. The van der Waals surface area contributed by atoms with Crippen LogP contribution in [0.4, 0.5) is 0 Å². The van der Waals surface area contributed by atoms with E-state index in [9.17, 15) is 5.11 Å². The van der Waals surface area contributed by atoms with Crippen molar-refractivity contribution in [2.75, 3.05) is 26.7 Å². The molecule has 2 rings (SSSR count). The Morgan fingerprint density at radius 3 is 2.15 bits per heavy atom. The number of hydrogen-bond acceptors (Lipinski definition) is 3. The average Bonchev–Trinajstić information content (AvgIpc) is 2.66. The molecule has 1 aliphatic heterocycles. The summed E-state index contributed by atoms with van der Waals surface area (Å²) in [5.41, 5.74) is 3.29. The van der Waals surface area contributed by atoms with Crippen LogP contribution >= 0.6 is 0 Å². The second kappa shape index (κ2) is 7.09. The van der Waals surface area contributed by atoms with Crippen molar-refractivity contribution in [3.63, 3.8) is 0 Å². The molecule has 0 aliphatic carbocycles. The minimum atomic E-state index is -0.404. The Bertz CT molecular complexity index is 414. The van der Waals surface area contributed by atoms with Crippen LogP contribution in [-0.4, -0.2) is 36.8 Å². The second-order valence-corrected chi connectivity index (χ2v) is 5.91. The van der Waals surface area contributed by atoms with Crippen LogP contribution in [0.2, 0.25) is 0 Å². The van der Waals surface area contributed by atoms with Crippen molar-refractivity contribution in [1.29, 1.82) is 0 Å². The van der Waals surface area contributed by atoms with Gasteiger partial charge in [-0.1, -0.05) is 12.8 Å². The topological polar surface area (TPSA) is 32.7 Å². The SMILES string of the molecule is COc1cc(C)c(C(O)CN2CCCCCC2)c(C)c1. The van der Waals surface area contributed by atoms with Gasteiger partial charge in [0.1, 0.15) is 5.75 Å². The van der Waals surface area contributed by atoms with Gasteiger partial charge in [-0.3, -0.25) is 0 Å². The molecule has 0 radical (unpaired) electrons. The Hall–Kier alpha value is -1.06. The van der Waals surface area contributed by atoms with E-state index in [4.69, 9.17) is 4.74 Å². The molecule has 112 valence electrons. The molecule has 1 aromatic carbocycles. The quantitative estimate of drug-likeness (QED) is 0.917. The van der Waals surface area contributed by atoms with E-state index in [1.165, 1.54) is 25.7 Å². The summed E-state index contributed by atoms with van der Waals surface area (Å²) >= 11 is 0. The Labute approximate surface area is 122 Å². The number of aliphatic hydroxyl groups excluding tert-OH is 1. The summed E-state index contributed by atoms with van der Waals surface area (Å²) < 4.78 is 5.29. The van der Waals surface area contributed by atoms with E-state index in [0.29, 0.717) is 0 Å². The number of rotatable bonds is 4. The maximum absolute atomic E-state index is 10.6. The van der Waals surface area contributed by atoms with Crippen LogP contribution in [0.25, 0.3) is 0 Å². The van der Waals surface area contributed by atoms with E-state index < -0.39 is 6.10 Å². The number of ether oxygens (including phenoxy) is 1. The molecule has 1 fully saturated rings. The van der Waals surface area contributed by atoms with Gasteiger partial charge in [0.15, 0.2) is 0 Å². The molecule has 1 N–H and O–H groups in total. The highest BCUT2D eigenvalue weighted by molar-refractivity contribution is 5.42. The largest absolute Gasteiger partial charge is 0.497 e. The van der Waals surface area contributed by atoms with E-state index in [1.54, 1.807) is 7.11 Å². The van der Waals surface area contributed by atoms with Gasteiger partial charge in [0.25, 0.3) is 0 Å². The predicted molar refractivity (Wildman–Crippen MR) is 82.3 cm³/mol. The van der Waals surface area contributed by atoms with Crippen molar-refractivity contribution in [3.8, 4) is 5.75 Å². The zero-order valence-electron chi connectivity index (χ0n) is 13.0. The zero-order valence-corrected chi connectivity index (χ0v) is 13.0. The first-order valence-corrected chi connectivity index (χ1v) is 7.67. The van der Waals surface area contributed by atoms with Crippen LogP contribution in [0.15, 0.2) is 12.1 Å². The minimum Gasteiger partial charge on any atom is -0.497 e. The van der Waals surface area contributed by atoms with Crippen LogP contribution in [0.5, 0.6) is 5.75 Å². The van der Waals surface area contributed by atoms with Crippen molar-refractivity contribution in [2.24, 2.45) is 0 Å². The molecule has 3 nitrogen and oxygen atoms in total. The zero-order chi connectivity index (χ0) is 14.5. The number of likely N-dealkylation sites (tertiary alicyclic amines) is 1. The minimum absolute atomic E-state index is 0.404. The van der Waals surface area contributed by atoms with E-state index >= 15 is 0 Å². The molecular formula is C17H27NO2. The van der Waals surface area contributed by atoms with Crippen molar-refractivity contribution < 1.29 is 9.84 Å². The molecule has 3 heteroatoms. The number of methoxy groups -OCH3 is 1. The number of hydrogen-bond donors (Lipinski definition) is 1. The summed E-state index contributed by atoms with van der Waals surface area (Å²) in [7, 11) is 1.68. The lowest BCUT2D eigenvalue weighted by atomic mass is 9.97. The lowest BCUT2D eigenvalue weighted by Crippen LogP contribution is -2.30. The average molecular weight is 277 g/mol. The summed E-state index contributed by atoms with van der Waals surface area (Å²) in [6, 6.07) is 4.02. The van der Waals surface area contributed by atoms with Crippen LogP contribution in [-0.2, 0) is 0 Å². The normalized spacial score (nSPS) is 18.6. The van der Waals surface area contributed by atoms with E-state index in [-0.39, 0.29) is 0 Å². The predicted octanol–water partition coefficient (Wildman–Crippen LogP) is 3.22. The molecule has 20 heavy (non-hydrogen) atoms. The van der Waals surface area contributed by atoms with Gasteiger partial charge in [0, 0.05) is 6.54 Å². The van der Waals surface area contributed by atoms with Crippen LogP contribution in [0, 0.1) is 13.8 Å². The summed E-state index contributed by atoms with van der Waals surface area (Å²) in [5, 5.41) is 10.6. The Balaban J connectivity index is 2.10. The number of aliphatic hydroxyl groups is 1. The highest BCUT2D eigenvalue weighted by atomic mass is 16.5. The lowest BCUT2D eigenvalue weighted by molar-refractivity contribution is 0.114. The molecule has 1 heterocycles. The van der Waals surface area contributed by atoms with E-state index in [1.807, 2.05) is 12.1 Å². The maximum atomic E-state index is 10.6. The summed E-state index contributed by atoms with van der Waals surface area (Å²) in [4.78, 5) is 2.40. The van der Waals surface area contributed by atoms with Crippen molar-refractivity contribution in [1.82, 2.24) is 4.90 Å². The summed E-state index contributed by atoms with van der Waals surface area (Å²) in [5.74, 6) is 0.866. The second-order valence-electron chi connectivity index (χ2n) is 5.91. The van der Waals surface area contributed by atoms with Gasteiger partial charge < -0.3 is 14.7 Å². The molecule has 1 aromatic rings. The van der Waals surface area contributed by atoms with Gasteiger partial charge in [-0.05, 0) is 68.6 Å². The van der Waals surface area contributed by atoms with Gasteiger partial charge in [0.2, 0.25) is 0 Å². The third-order valence-corrected chi connectivity index (χ3v) is 4.27. The molecule has 0 spiro atoms. The van der Waals surface area contributed by atoms with Gasteiger partial charge >= 0.3 is 0 Å². The van der Waals surface area contributed by atoms with Crippen LogP contribution in [0.1, 0.15) is 48.5 Å². The Morgan fingerprint density at radius 1 is 1.10 bits per heavy atom. The van der Waals surface area contributed by atoms with Crippen molar-refractivity contribution >= 4 is 0 Å². The number of β-amino-alcohol motifs (C(OH)–C–C–N with tert-alkyl or cyclic N) is 1. The first-order valence-electron chi connectivity index (χ1n) is 7.67. The van der Waals surface area contributed by atoms with Gasteiger partial charge in [-0.25, -0.2) is 0 Å². The monoisotopic (exact) mass is 277 g/mol. The fraction of sp³-hybridized carbons (Fsp3) is 0.647. The van der Waals surface area contributed by atoms with Crippen molar-refractivity contribution in [3.05, 3.63) is 28.8 Å². The molecule has 0 saturated carbocycles. The van der Waals surface area contributed by atoms with E-state index in [2.05, 4.69) is 18.7 Å². The van der Waals surface area contributed by atoms with Crippen LogP contribution in [0.3, 0.4) is 0 Å². The number of benzene rings is 1. The van der Waals surface area contributed by atoms with Crippen LogP contribution < -0.4 is 4.74 Å². The molecule has 0 aromatic heterocycles. The van der Waals surface area contributed by atoms with Gasteiger partial charge in [0.05, 0.1) is 13.2 Å². The smallest absolute Gasteiger partial charge is 0.119 e. The number of nitrogens with zero attached hydrogens (tertiary/aromatic N) is 1. The highest BCUT2D eigenvalue weighted by Gasteiger charge is 2.19. The fourth-order valence-corrected chi connectivity index (χ4v) is 3.23. The molecule has 1 saturated heterocycles. The lowest BCUT2D eigenvalue weighted by Gasteiger charge is -2.25. The van der Waals surface area contributed by atoms with Gasteiger partial charge in [-0.15, -0.1) is 0 Å². The molecule has 1 aliphatic rings. The maximum Gasteiger partial charge on any atom is 0.119 e. The third-order valence-electron chi connectivity index (χ3n) is 4.27. The first-order chi connectivity index (χ1) is 9.61. The molecule has 0 amide bonds. The fourth-order valence-electron chi connectivity index (χ4n) is 3.23. The van der Waals surface area contributed by atoms with E-state index in [0.717, 1.165) is 42.1 Å². The molecule has 1 unspecified atom stereocenters. The molecular weight excluding hydrogens is 250 g/mol. The van der Waals surface area contributed by atoms with Gasteiger partial charge in [-0.2, -0.15) is 0 Å². The van der Waals surface area contributed by atoms with Crippen molar-refractivity contribution in [2.45, 2.75) is 45.6 Å². The highest BCUT2D eigenvalue weighted by Crippen LogP contribution is 2.28. The third kappa shape index (κ3) is 3.74. The standard InChI is InChI=1S/C17H27NO2/c1-13-10-15(20-3)11-14(2)17(13)16(19)12-18-8-6-4-5-7-9-18/h10-11,16,19H,4-9,12H2,1-3H3. The number of aryl methyl sites for hydroxylation is 2. The first kappa shape index (κ1) is 15.3. The summed E-state index contributed by atoms with van der Waals surface area (Å²) in [6.07, 6.45) is 4.76. The Kier molecular flexibility index (Phi) is 5.44. The Morgan fingerprint density at radius 2 is 1.65 bits per heavy atom. The molecule has 1 atom stereocenters.